The quantitative estimate of drug-likeness (QED) is 0.388. The molecular weight excluding hydrogens is 378 g/mol. The van der Waals surface area contributed by atoms with E-state index in [9.17, 15) is 14.4 Å². The van der Waals surface area contributed by atoms with Crippen molar-refractivity contribution >= 4 is 6.29 Å². The summed E-state index contributed by atoms with van der Waals surface area (Å²) < 4.78 is 19.2. The van der Waals surface area contributed by atoms with Gasteiger partial charge in [-0.2, -0.15) is 0 Å². The van der Waals surface area contributed by atoms with Gasteiger partial charge in [-0.05, 0) is 26.8 Å². The summed E-state index contributed by atoms with van der Waals surface area (Å²) in [6.07, 6.45) is 4.29. The number of unbranched alkanes of at least 4 members (excludes halogenated alkanes) is 2. The number of aldehydes is 1. The van der Waals surface area contributed by atoms with Crippen LogP contribution in [0.15, 0.2) is 15.8 Å². The van der Waals surface area contributed by atoms with E-state index in [1.807, 2.05) is 0 Å². The SMILES string of the molecule is CCCCOC[C@@]1(C=O)O[C@@H](n2cc(C)c(=O)[nH]c2=O)[C@@H](NC)C1OCCCC. The van der Waals surface area contributed by atoms with Crippen molar-refractivity contribution in [3.8, 4) is 0 Å². The zero-order valence-corrected chi connectivity index (χ0v) is 17.7. The normalized spacial score (nSPS) is 26.7. The number of hydrogen-bond donors (Lipinski definition) is 2. The molecular formula is C20H33N3O6. The smallest absolute Gasteiger partial charge is 0.330 e. The third-order valence-electron chi connectivity index (χ3n) is 5.17. The van der Waals surface area contributed by atoms with Gasteiger partial charge in [-0.15, -0.1) is 0 Å². The number of carbonyl (C=O) groups excluding carboxylic acids is 1. The molecule has 0 aliphatic carbocycles. The fourth-order valence-corrected chi connectivity index (χ4v) is 3.44. The van der Waals surface area contributed by atoms with Gasteiger partial charge in [0, 0.05) is 25.0 Å². The van der Waals surface area contributed by atoms with Crippen LogP contribution in [0.4, 0.5) is 0 Å². The van der Waals surface area contributed by atoms with Gasteiger partial charge >= 0.3 is 5.69 Å². The summed E-state index contributed by atoms with van der Waals surface area (Å²) in [6.45, 7) is 6.70. The first-order valence-electron chi connectivity index (χ1n) is 10.3. The van der Waals surface area contributed by atoms with Gasteiger partial charge in [0.05, 0.1) is 12.6 Å². The minimum Gasteiger partial charge on any atom is -0.378 e. The third-order valence-corrected chi connectivity index (χ3v) is 5.17. The highest BCUT2D eigenvalue weighted by Gasteiger charge is 2.57. The van der Waals surface area contributed by atoms with Crippen molar-refractivity contribution in [2.45, 2.75) is 70.4 Å². The molecule has 0 bridgehead atoms. The number of nitrogens with one attached hydrogen (secondary N) is 2. The average molecular weight is 411 g/mol. The van der Waals surface area contributed by atoms with Crippen molar-refractivity contribution in [2.75, 3.05) is 26.9 Å². The predicted octanol–water partition coefficient (Wildman–Crippen LogP) is 0.902. The fraction of sp³-hybridized carbons (Fsp3) is 0.750. The Morgan fingerprint density at radius 2 is 1.97 bits per heavy atom. The maximum Gasteiger partial charge on any atom is 0.330 e. The van der Waals surface area contributed by atoms with Gasteiger partial charge in [0.2, 0.25) is 0 Å². The van der Waals surface area contributed by atoms with Crippen molar-refractivity contribution in [1.29, 1.82) is 0 Å². The fourth-order valence-electron chi connectivity index (χ4n) is 3.44. The van der Waals surface area contributed by atoms with E-state index in [4.69, 9.17) is 14.2 Å². The number of aromatic nitrogens is 2. The zero-order chi connectivity index (χ0) is 21.4. The minimum atomic E-state index is -1.36. The second kappa shape index (κ2) is 10.8. The number of nitrogens with zero attached hydrogens (tertiary/aromatic N) is 1. The van der Waals surface area contributed by atoms with Gasteiger partial charge in [0.25, 0.3) is 5.56 Å². The molecule has 1 saturated heterocycles. The largest absolute Gasteiger partial charge is 0.378 e. The molecule has 9 heteroatoms. The van der Waals surface area contributed by atoms with Crippen molar-refractivity contribution in [1.82, 2.24) is 14.9 Å². The molecule has 164 valence electrons. The Kier molecular flexibility index (Phi) is 8.76. The van der Waals surface area contributed by atoms with Crippen LogP contribution >= 0.6 is 0 Å². The molecule has 2 heterocycles. The molecule has 29 heavy (non-hydrogen) atoms. The monoisotopic (exact) mass is 411 g/mol. The first-order chi connectivity index (χ1) is 13.9. The first-order valence-corrected chi connectivity index (χ1v) is 10.3. The molecule has 0 saturated carbocycles. The van der Waals surface area contributed by atoms with Crippen LogP contribution in [0.2, 0.25) is 0 Å². The van der Waals surface area contributed by atoms with E-state index in [1.54, 1.807) is 14.0 Å². The van der Waals surface area contributed by atoms with Gasteiger partial charge in [-0.1, -0.05) is 26.7 Å². The van der Waals surface area contributed by atoms with Crippen LogP contribution in [0.25, 0.3) is 0 Å². The average Bonchev–Trinajstić information content (AvgIpc) is 3.02. The van der Waals surface area contributed by atoms with Crippen molar-refractivity contribution in [3.05, 3.63) is 32.6 Å². The molecule has 4 atom stereocenters. The Bertz CT molecular complexity index is 776. The molecule has 1 aromatic heterocycles. The maximum absolute atomic E-state index is 12.4. The summed E-state index contributed by atoms with van der Waals surface area (Å²) in [7, 11) is 1.72. The Hall–Kier alpha value is -1.81. The second-order valence-corrected chi connectivity index (χ2v) is 7.43. The number of likely N-dealkylation sites (N-methyl/N-ethyl adjacent to an activating group) is 1. The third kappa shape index (κ3) is 5.22. The summed E-state index contributed by atoms with van der Waals surface area (Å²) in [4.78, 5) is 38.7. The number of rotatable bonds is 12. The van der Waals surface area contributed by atoms with Crippen LogP contribution in [0, 0.1) is 6.92 Å². The summed E-state index contributed by atoms with van der Waals surface area (Å²) in [6, 6.07) is -0.491. The molecule has 2 rings (SSSR count). The molecule has 0 radical (unpaired) electrons. The number of H-pyrrole nitrogens is 1. The number of ether oxygens (including phenoxy) is 3. The Morgan fingerprint density at radius 3 is 2.59 bits per heavy atom. The number of aryl methyl sites for hydroxylation is 1. The molecule has 2 N–H and O–H groups in total. The Morgan fingerprint density at radius 1 is 1.28 bits per heavy atom. The van der Waals surface area contributed by atoms with Gasteiger partial charge in [0.15, 0.2) is 18.1 Å². The van der Waals surface area contributed by atoms with Crippen molar-refractivity contribution < 1.29 is 19.0 Å². The second-order valence-electron chi connectivity index (χ2n) is 7.43. The molecule has 0 aromatic carbocycles. The van der Waals surface area contributed by atoms with Crippen LogP contribution < -0.4 is 16.6 Å². The summed E-state index contributed by atoms with van der Waals surface area (Å²) in [5, 5.41) is 3.13. The molecule has 1 aliphatic rings. The number of carbonyl (C=O) groups is 1. The lowest BCUT2D eigenvalue weighted by atomic mass is 9.95. The molecule has 1 aliphatic heterocycles. The summed E-state index contributed by atoms with van der Waals surface area (Å²) in [5.41, 5.74) is -2.05. The Labute approximate surface area is 170 Å². The maximum atomic E-state index is 12.4. The van der Waals surface area contributed by atoms with Gasteiger partial charge in [0.1, 0.15) is 6.10 Å². The molecule has 0 spiro atoms. The highest BCUT2D eigenvalue weighted by molar-refractivity contribution is 5.65. The molecule has 9 nitrogen and oxygen atoms in total. The van der Waals surface area contributed by atoms with Crippen LogP contribution in [0.1, 0.15) is 51.3 Å². The molecule has 1 unspecified atom stereocenters. The predicted molar refractivity (Wildman–Crippen MR) is 108 cm³/mol. The number of hydrogen-bond acceptors (Lipinski definition) is 7. The minimum absolute atomic E-state index is 0.0268. The molecule has 0 amide bonds. The number of aromatic amines is 1. The Balaban J connectivity index is 2.40. The molecule has 1 fully saturated rings. The highest BCUT2D eigenvalue weighted by atomic mass is 16.6. The van der Waals surface area contributed by atoms with E-state index in [0.717, 1.165) is 25.7 Å². The van der Waals surface area contributed by atoms with Crippen LogP contribution in [-0.4, -0.2) is 60.5 Å². The van der Waals surface area contributed by atoms with Crippen LogP contribution in [-0.2, 0) is 19.0 Å². The summed E-state index contributed by atoms with van der Waals surface area (Å²) in [5.74, 6) is 0. The van der Waals surface area contributed by atoms with Crippen LogP contribution in [0.5, 0.6) is 0 Å². The van der Waals surface area contributed by atoms with E-state index < -0.39 is 35.2 Å². The van der Waals surface area contributed by atoms with E-state index in [2.05, 4.69) is 24.1 Å². The lowest BCUT2D eigenvalue weighted by Crippen LogP contribution is -2.53. The lowest BCUT2D eigenvalue weighted by molar-refractivity contribution is -0.162. The van der Waals surface area contributed by atoms with Crippen molar-refractivity contribution in [2.24, 2.45) is 0 Å². The summed E-state index contributed by atoms with van der Waals surface area (Å²) >= 11 is 0. The van der Waals surface area contributed by atoms with Gasteiger partial charge in [-0.25, -0.2) is 4.79 Å². The lowest BCUT2D eigenvalue weighted by Gasteiger charge is -2.30. The standard InChI is InChI=1S/C20H33N3O6/c1-5-7-9-27-13-20(12-24)16(28-10-8-6-2)15(21-4)18(29-20)23-11-14(3)17(25)22-19(23)26/h11-12,15-16,18,21H,5-10,13H2,1-4H3,(H,22,25,26)/t15-,16?,18+,20+/m0/s1. The first kappa shape index (κ1) is 23.5. The van der Waals surface area contributed by atoms with Crippen molar-refractivity contribution in [3.63, 3.8) is 0 Å². The van der Waals surface area contributed by atoms with E-state index >= 15 is 0 Å². The molecule has 1 aromatic rings. The van der Waals surface area contributed by atoms with Crippen LogP contribution in [0.3, 0.4) is 0 Å². The highest BCUT2D eigenvalue weighted by Crippen LogP contribution is 2.38. The topological polar surface area (TPSA) is 112 Å². The van der Waals surface area contributed by atoms with E-state index in [-0.39, 0.29) is 6.61 Å². The van der Waals surface area contributed by atoms with Gasteiger partial charge in [-0.3, -0.25) is 19.1 Å². The van der Waals surface area contributed by atoms with Gasteiger partial charge < -0.3 is 19.5 Å². The van der Waals surface area contributed by atoms with E-state index in [0.29, 0.717) is 25.1 Å². The zero-order valence-electron chi connectivity index (χ0n) is 17.7. The van der Waals surface area contributed by atoms with E-state index in [1.165, 1.54) is 10.8 Å².